The van der Waals surface area contributed by atoms with E-state index in [-0.39, 0.29) is 34.9 Å². The summed E-state index contributed by atoms with van der Waals surface area (Å²) >= 11 is 5.77. The van der Waals surface area contributed by atoms with Crippen molar-refractivity contribution >= 4 is 46.0 Å². The third-order valence-electron chi connectivity index (χ3n) is 8.10. The van der Waals surface area contributed by atoms with E-state index < -0.39 is 29.8 Å². The van der Waals surface area contributed by atoms with Gasteiger partial charge in [0.05, 0.1) is 34.2 Å². The lowest BCUT2D eigenvalue weighted by Gasteiger charge is -2.33. The predicted molar refractivity (Wildman–Crippen MR) is 177 cm³/mol. The van der Waals surface area contributed by atoms with E-state index in [0.29, 0.717) is 60.4 Å². The number of benzene rings is 2. The second kappa shape index (κ2) is 14.8. The first-order valence-electron chi connectivity index (χ1n) is 15.1. The Hall–Kier alpha value is -4.73. The van der Waals surface area contributed by atoms with Crippen molar-refractivity contribution in [2.45, 2.75) is 38.8 Å². The Morgan fingerprint density at radius 3 is 2.64 bits per heavy atom. The third kappa shape index (κ3) is 8.17. The van der Waals surface area contributed by atoms with Crippen molar-refractivity contribution in [2.24, 2.45) is 22.0 Å². The lowest BCUT2D eigenvalue weighted by molar-refractivity contribution is -0.186. The van der Waals surface area contributed by atoms with Gasteiger partial charge in [-0.2, -0.15) is 13.2 Å². The molecule has 1 N–H and O–H groups in total. The zero-order chi connectivity index (χ0) is 33.6. The maximum atomic E-state index is 13.4. The molecule has 5 rings (SSSR count). The molecule has 0 aliphatic carbocycles. The molecule has 8 nitrogen and oxygen atoms in total. The predicted octanol–water partition coefficient (Wildman–Crippen LogP) is 7.39. The van der Waals surface area contributed by atoms with Gasteiger partial charge >= 0.3 is 12.1 Å². The highest BCUT2D eigenvalue weighted by Gasteiger charge is 2.41. The summed E-state index contributed by atoms with van der Waals surface area (Å²) in [7, 11) is 0. The molecule has 12 heteroatoms. The number of nitrogens with zero attached hydrogens (tertiary/aromatic N) is 3. The first-order chi connectivity index (χ1) is 22.5. The van der Waals surface area contributed by atoms with Crippen molar-refractivity contribution < 1.29 is 27.2 Å². The average Bonchev–Trinajstić information content (AvgIpc) is 3.50. The van der Waals surface area contributed by atoms with Crippen LogP contribution in [0, 0.1) is 35.5 Å². The summed E-state index contributed by atoms with van der Waals surface area (Å²) in [5.41, 5.74) is 2.89. The van der Waals surface area contributed by atoms with E-state index >= 15 is 0 Å². The molecule has 47 heavy (non-hydrogen) atoms. The highest BCUT2D eigenvalue weighted by Crippen LogP contribution is 2.34. The molecule has 0 bridgehead atoms. The van der Waals surface area contributed by atoms with Crippen molar-refractivity contribution in [1.82, 2.24) is 4.90 Å². The molecule has 1 saturated heterocycles. The number of alkyl halides is 3. The number of carbonyl (C=O) groups excluding carboxylic acids is 2. The van der Waals surface area contributed by atoms with E-state index in [1.165, 1.54) is 6.26 Å². The monoisotopic (exact) mass is 660 g/mol. The smallest absolute Gasteiger partial charge is 0.393 e. The molecule has 0 saturated carbocycles. The number of aliphatic imine (C=N–C) groups is 1. The summed E-state index contributed by atoms with van der Waals surface area (Å²) in [4.78, 5) is 43.6. The summed E-state index contributed by atoms with van der Waals surface area (Å²) < 4.78 is 45.4. The SMILES string of the molecule is Cc1ccoc1C(=O)Nc1cccc(C#CC2C(=S)C(C(=O)N=O)=C(c3ccccc3)N=C2CCCN2CCCC(C(F)(F)F)C2)c1. The minimum Gasteiger partial charge on any atom is -0.459 e. The minimum atomic E-state index is -4.23. The molecule has 3 aromatic rings. The van der Waals surface area contributed by atoms with Crippen molar-refractivity contribution in [3.05, 3.63) is 99.9 Å². The Kier molecular flexibility index (Phi) is 10.6. The number of hydrogen-bond donors (Lipinski definition) is 1. The fraction of sp³-hybridized carbons (Fsp3) is 0.314. The minimum absolute atomic E-state index is 0.0528. The zero-order valence-electron chi connectivity index (χ0n) is 25.5. The number of likely N-dealkylation sites (tertiary alicyclic amines) is 1. The molecular formula is C35H31F3N4O4S. The number of rotatable bonds is 8. The summed E-state index contributed by atoms with van der Waals surface area (Å²) in [6.07, 6.45) is -1.39. The highest BCUT2D eigenvalue weighted by molar-refractivity contribution is 7.81. The number of carbonyl (C=O) groups is 2. The number of amides is 2. The molecule has 0 radical (unpaired) electrons. The number of furan rings is 1. The highest BCUT2D eigenvalue weighted by atomic mass is 32.1. The Labute approximate surface area is 275 Å². The number of aryl methyl sites for hydroxylation is 1. The molecule has 2 atom stereocenters. The first-order valence-corrected chi connectivity index (χ1v) is 15.5. The van der Waals surface area contributed by atoms with Gasteiger partial charge in [-0.3, -0.25) is 14.6 Å². The molecule has 2 unspecified atom stereocenters. The van der Waals surface area contributed by atoms with Gasteiger partial charge < -0.3 is 14.6 Å². The van der Waals surface area contributed by atoms with E-state index in [0.717, 1.165) is 0 Å². The van der Waals surface area contributed by atoms with Crippen LogP contribution < -0.4 is 5.32 Å². The topological polar surface area (TPSA) is 104 Å². The standard InChI is InChI=1S/C35H31F3N4O4S/c1-22-16-19-46-31(22)34(44)39-26-12-5-8-23(20-26)14-15-27-28(13-7-18-42-17-6-11-25(21-42)35(36,37)38)40-30(24-9-3-2-4-10-24)29(32(27)47)33(43)41-45/h2-5,8-10,12,16,19-20,25,27H,6-7,11,13,17-18,21H2,1H3,(H,39,44). The third-order valence-corrected chi connectivity index (χ3v) is 8.54. The summed E-state index contributed by atoms with van der Waals surface area (Å²) in [5.74, 6) is 2.68. The number of halogens is 3. The van der Waals surface area contributed by atoms with Crippen LogP contribution in [0.1, 0.15) is 52.9 Å². The first kappa shape index (κ1) is 33.6. The Morgan fingerprint density at radius 1 is 1.15 bits per heavy atom. The van der Waals surface area contributed by atoms with Gasteiger partial charge in [-0.1, -0.05) is 60.5 Å². The molecule has 2 aliphatic heterocycles. The van der Waals surface area contributed by atoms with E-state index in [1.54, 1.807) is 67.6 Å². The van der Waals surface area contributed by atoms with Gasteiger partial charge in [-0.15, -0.1) is 4.91 Å². The molecule has 2 aliphatic rings. The Bertz CT molecular complexity index is 1800. The van der Waals surface area contributed by atoms with Crippen LogP contribution >= 0.6 is 12.2 Å². The van der Waals surface area contributed by atoms with Crippen LogP contribution in [0.5, 0.6) is 0 Å². The van der Waals surface area contributed by atoms with Crippen molar-refractivity contribution in [3.8, 4) is 11.8 Å². The van der Waals surface area contributed by atoms with Gasteiger partial charge in [0.15, 0.2) is 5.76 Å². The molecule has 0 spiro atoms. The normalized spacial score (nSPS) is 18.6. The fourth-order valence-electron chi connectivity index (χ4n) is 5.72. The van der Waals surface area contributed by atoms with Crippen LogP contribution in [0.25, 0.3) is 5.70 Å². The van der Waals surface area contributed by atoms with Crippen molar-refractivity contribution in [2.75, 3.05) is 25.0 Å². The van der Waals surface area contributed by atoms with E-state index in [4.69, 9.17) is 21.6 Å². The number of thiocarbonyl (C=S) groups is 1. The van der Waals surface area contributed by atoms with Crippen molar-refractivity contribution in [3.63, 3.8) is 0 Å². The number of anilines is 1. The van der Waals surface area contributed by atoms with Crippen LogP contribution in [0.15, 0.2) is 87.1 Å². The van der Waals surface area contributed by atoms with Crippen LogP contribution in [-0.2, 0) is 4.79 Å². The van der Waals surface area contributed by atoms with E-state index in [1.807, 2.05) is 4.90 Å². The zero-order valence-corrected chi connectivity index (χ0v) is 26.3. The fourth-order valence-corrected chi connectivity index (χ4v) is 6.09. The van der Waals surface area contributed by atoms with Gasteiger partial charge in [0, 0.05) is 39.8 Å². The number of nitroso groups, excluding NO2 is 1. The maximum absolute atomic E-state index is 13.4. The van der Waals surface area contributed by atoms with Gasteiger partial charge in [0.1, 0.15) is 0 Å². The number of piperidine rings is 1. The molecular weight excluding hydrogens is 629 g/mol. The molecule has 2 amide bonds. The maximum Gasteiger partial charge on any atom is 0.393 e. The molecule has 2 aromatic carbocycles. The number of nitrogens with one attached hydrogen (secondary N) is 1. The average molecular weight is 661 g/mol. The molecule has 242 valence electrons. The molecule has 1 fully saturated rings. The Balaban J connectivity index is 1.42. The van der Waals surface area contributed by atoms with E-state index in [9.17, 15) is 27.7 Å². The van der Waals surface area contributed by atoms with Gasteiger partial charge in [0.25, 0.3) is 5.91 Å². The largest absolute Gasteiger partial charge is 0.459 e. The van der Waals surface area contributed by atoms with Crippen LogP contribution in [0.3, 0.4) is 0 Å². The summed E-state index contributed by atoms with van der Waals surface area (Å²) in [6, 6.07) is 17.3. The lowest BCUT2D eigenvalue weighted by Crippen LogP contribution is -2.42. The summed E-state index contributed by atoms with van der Waals surface area (Å²) in [6.45, 7) is 2.70. The van der Waals surface area contributed by atoms with Crippen LogP contribution in [0.2, 0.25) is 0 Å². The quantitative estimate of drug-likeness (QED) is 0.154. The van der Waals surface area contributed by atoms with E-state index in [2.05, 4.69) is 22.3 Å². The van der Waals surface area contributed by atoms with Gasteiger partial charge in [-0.05, 0) is 70.0 Å². The number of hydrogen-bond acceptors (Lipinski definition) is 7. The summed E-state index contributed by atoms with van der Waals surface area (Å²) in [5, 5.41) is 5.42. The van der Waals surface area contributed by atoms with Crippen molar-refractivity contribution in [1.29, 1.82) is 0 Å². The Morgan fingerprint density at radius 2 is 1.94 bits per heavy atom. The second-order valence-electron chi connectivity index (χ2n) is 11.4. The molecule has 1 aromatic heterocycles. The van der Waals surface area contributed by atoms with Crippen LogP contribution in [-0.4, -0.2) is 53.1 Å². The van der Waals surface area contributed by atoms with Crippen LogP contribution in [0.4, 0.5) is 18.9 Å². The van der Waals surface area contributed by atoms with Gasteiger partial charge in [0.2, 0.25) is 0 Å². The van der Waals surface area contributed by atoms with Gasteiger partial charge in [-0.25, -0.2) is 0 Å². The molecule has 3 heterocycles. The lowest BCUT2D eigenvalue weighted by atomic mass is 9.86. The second-order valence-corrected chi connectivity index (χ2v) is 11.8.